The van der Waals surface area contributed by atoms with Gasteiger partial charge in [0.15, 0.2) is 5.76 Å². The summed E-state index contributed by atoms with van der Waals surface area (Å²) < 4.78 is 13.0. The third-order valence-corrected chi connectivity index (χ3v) is 4.79. The lowest BCUT2D eigenvalue weighted by Crippen LogP contribution is -2.07. The SMILES string of the molecule is Cc1cccn2cc(COC(=O)c3cc(-c4ccco4)nc4ccccc34)nc12. The molecule has 0 unspecified atom stereocenters. The predicted octanol–water partition coefficient (Wildman–Crippen LogP) is 4.81. The number of imidazole rings is 1. The molecule has 0 aliphatic rings. The molecule has 5 rings (SSSR count). The normalized spacial score (nSPS) is 11.2. The maximum atomic E-state index is 12.9. The largest absolute Gasteiger partial charge is 0.463 e. The number of carbonyl (C=O) groups excluding carboxylic acids is 1. The summed E-state index contributed by atoms with van der Waals surface area (Å²) in [4.78, 5) is 22.1. The Kier molecular flexibility index (Phi) is 4.09. The summed E-state index contributed by atoms with van der Waals surface area (Å²) in [6.45, 7) is 2.09. The second-order valence-corrected chi connectivity index (χ2v) is 6.78. The number of para-hydroxylation sites is 1. The summed E-state index contributed by atoms with van der Waals surface area (Å²) in [7, 11) is 0. The molecule has 142 valence electrons. The molecular formula is C23H17N3O3. The number of hydrogen-bond acceptors (Lipinski definition) is 5. The number of hydrogen-bond donors (Lipinski definition) is 0. The Hall–Kier alpha value is -3.93. The Morgan fingerprint density at radius 3 is 2.83 bits per heavy atom. The van der Waals surface area contributed by atoms with Crippen LogP contribution in [-0.2, 0) is 11.3 Å². The minimum atomic E-state index is -0.426. The number of fused-ring (bicyclic) bond motifs is 2. The Labute approximate surface area is 166 Å². The fourth-order valence-electron chi connectivity index (χ4n) is 3.39. The highest BCUT2D eigenvalue weighted by molar-refractivity contribution is 6.04. The van der Waals surface area contributed by atoms with Gasteiger partial charge in [-0.25, -0.2) is 14.8 Å². The molecule has 6 heteroatoms. The lowest BCUT2D eigenvalue weighted by Gasteiger charge is -2.08. The second kappa shape index (κ2) is 6.91. The minimum absolute atomic E-state index is 0.0900. The van der Waals surface area contributed by atoms with Gasteiger partial charge in [0, 0.05) is 17.8 Å². The molecule has 0 fully saturated rings. The quantitative estimate of drug-likeness (QED) is 0.417. The highest BCUT2D eigenvalue weighted by atomic mass is 16.5. The molecule has 5 aromatic rings. The van der Waals surface area contributed by atoms with Gasteiger partial charge < -0.3 is 13.6 Å². The number of benzene rings is 1. The topological polar surface area (TPSA) is 69.6 Å². The molecule has 4 heterocycles. The highest BCUT2D eigenvalue weighted by Crippen LogP contribution is 2.26. The minimum Gasteiger partial charge on any atom is -0.463 e. The molecule has 0 saturated heterocycles. The van der Waals surface area contributed by atoms with E-state index < -0.39 is 5.97 Å². The van der Waals surface area contributed by atoms with Crippen LogP contribution in [-0.4, -0.2) is 20.3 Å². The molecule has 0 spiro atoms. The van der Waals surface area contributed by atoms with Crippen LogP contribution in [0.25, 0.3) is 28.0 Å². The summed E-state index contributed by atoms with van der Waals surface area (Å²) in [6, 6.07) is 16.7. The van der Waals surface area contributed by atoms with Crippen LogP contribution in [0, 0.1) is 6.92 Å². The van der Waals surface area contributed by atoms with E-state index in [-0.39, 0.29) is 6.61 Å². The number of aryl methyl sites for hydroxylation is 1. The average molecular weight is 383 g/mol. The lowest BCUT2D eigenvalue weighted by molar-refractivity contribution is 0.0470. The number of nitrogens with zero attached hydrogens (tertiary/aromatic N) is 3. The third kappa shape index (κ3) is 3.14. The summed E-state index contributed by atoms with van der Waals surface area (Å²) in [6.07, 6.45) is 5.37. The van der Waals surface area contributed by atoms with E-state index in [9.17, 15) is 4.79 Å². The number of pyridine rings is 2. The van der Waals surface area contributed by atoms with E-state index in [2.05, 4.69) is 9.97 Å². The molecule has 0 saturated carbocycles. The Balaban J connectivity index is 1.47. The van der Waals surface area contributed by atoms with Crippen molar-refractivity contribution in [3.63, 3.8) is 0 Å². The monoisotopic (exact) mass is 383 g/mol. The number of carbonyl (C=O) groups is 1. The zero-order valence-corrected chi connectivity index (χ0v) is 15.7. The second-order valence-electron chi connectivity index (χ2n) is 6.78. The maximum absolute atomic E-state index is 12.9. The number of furan rings is 1. The van der Waals surface area contributed by atoms with E-state index in [0.29, 0.717) is 28.2 Å². The molecule has 0 aliphatic heterocycles. The van der Waals surface area contributed by atoms with Gasteiger partial charge in [-0.1, -0.05) is 24.3 Å². The molecule has 0 N–H and O–H groups in total. The number of esters is 1. The van der Waals surface area contributed by atoms with E-state index in [1.54, 1.807) is 18.4 Å². The van der Waals surface area contributed by atoms with Crippen molar-refractivity contribution >= 4 is 22.5 Å². The number of ether oxygens (including phenoxy) is 1. The van der Waals surface area contributed by atoms with Gasteiger partial charge in [-0.3, -0.25) is 0 Å². The van der Waals surface area contributed by atoms with Gasteiger partial charge >= 0.3 is 5.97 Å². The standard InChI is InChI=1S/C23H17N3O3/c1-15-6-4-10-26-13-16(24-22(15)26)14-29-23(27)18-12-20(21-9-5-11-28-21)25-19-8-3-2-7-17(18)19/h2-13H,14H2,1H3. The number of aromatic nitrogens is 3. The van der Waals surface area contributed by atoms with E-state index in [1.165, 1.54) is 0 Å². The fourth-order valence-corrected chi connectivity index (χ4v) is 3.39. The van der Waals surface area contributed by atoms with Crippen molar-refractivity contribution in [2.24, 2.45) is 0 Å². The fraction of sp³-hybridized carbons (Fsp3) is 0.0870. The third-order valence-electron chi connectivity index (χ3n) is 4.79. The molecule has 0 amide bonds. The molecule has 0 atom stereocenters. The van der Waals surface area contributed by atoms with Crippen molar-refractivity contribution in [3.8, 4) is 11.5 Å². The first-order valence-electron chi connectivity index (χ1n) is 9.23. The van der Waals surface area contributed by atoms with E-state index in [0.717, 1.165) is 16.6 Å². The molecule has 4 aromatic heterocycles. The average Bonchev–Trinajstić information content (AvgIpc) is 3.42. The van der Waals surface area contributed by atoms with Crippen molar-refractivity contribution in [3.05, 3.63) is 90.1 Å². The van der Waals surface area contributed by atoms with Gasteiger partial charge in [0.2, 0.25) is 0 Å². The van der Waals surface area contributed by atoms with Crippen LogP contribution in [0.2, 0.25) is 0 Å². The summed E-state index contributed by atoms with van der Waals surface area (Å²) in [5.74, 6) is 0.172. The van der Waals surface area contributed by atoms with E-state index in [4.69, 9.17) is 9.15 Å². The molecule has 6 nitrogen and oxygen atoms in total. The first kappa shape index (κ1) is 17.2. The summed E-state index contributed by atoms with van der Waals surface area (Å²) in [5, 5.41) is 0.735. The van der Waals surface area contributed by atoms with Gasteiger partial charge in [-0.05, 0) is 42.8 Å². The van der Waals surface area contributed by atoms with Gasteiger partial charge in [0.25, 0.3) is 0 Å². The van der Waals surface area contributed by atoms with Crippen molar-refractivity contribution in [2.75, 3.05) is 0 Å². The molecule has 29 heavy (non-hydrogen) atoms. The van der Waals surface area contributed by atoms with Crippen LogP contribution in [0.3, 0.4) is 0 Å². The van der Waals surface area contributed by atoms with Crippen molar-refractivity contribution < 1.29 is 13.9 Å². The smallest absolute Gasteiger partial charge is 0.339 e. The van der Waals surface area contributed by atoms with E-state index in [1.807, 2.05) is 66.2 Å². The van der Waals surface area contributed by atoms with Crippen LogP contribution in [0.1, 0.15) is 21.6 Å². The van der Waals surface area contributed by atoms with Crippen LogP contribution >= 0.6 is 0 Å². The molecule has 0 aliphatic carbocycles. The first-order chi connectivity index (χ1) is 14.2. The van der Waals surface area contributed by atoms with Gasteiger partial charge in [-0.15, -0.1) is 0 Å². The summed E-state index contributed by atoms with van der Waals surface area (Å²) in [5.41, 5.74) is 4.35. The van der Waals surface area contributed by atoms with Crippen LogP contribution in [0.4, 0.5) is 0 Å². The maximum Gasteiger partial charge on any atom is 0.339 e. The Morgan fingerprint density at radius 2 is 2.00 bits per heavy atom. The Bertz CT molecular complexity index is 1340. The van der Waals surface area contributed by atoms with Gasteiger partial charge in [0.05, 0.1) is 23.0 Å². The van der Waals surface area contributed by atoms with Crippen LogP contribution < -0.4 is 0 Å². The molecule has 0 bridgehead atoms. The molecule has 0 radical (unpaired) electrons. The Morgan fingerprint density at radius 1 is 1.10 bits per heavy atom. The molecule has 1 aromatic carbocycles. The van der Waals surface area contributed by atoms with Gasteiger partial charge in [-0.2, -0.15) is 0 Å². The van der Waals surface area contributed by atoms with Crippen molar-refractivity contribution in [1.82, 2.24) is 14.4 Å². The first-order valence-corrected chi connectivity index (χ1v) is 9.23. The predicted molar refractivity (Wildman–Crippen MR) is 108 cm³/mol. The van der Waals surface area contributed by atoms with E-state index >= 15 is 0 Å². The zero-order chi connectivity index (χ0) is 19.8. The summed E-state index contributed by atoms with van der Waals surface area (Å²) >= 11 is 0. The van der Waals surface area contributed by atoms with Gasteiger partial charge in [0.1, 0.15) is 17.9 Å². The number of rotatable bonds is 4. The lowest BCUT2D eigenvalue weighted by atomic mass is 10.1. The highest BCUT2D eigenvalue weighted by Gasteiger charge is 2.17. The van der Waals surface area contributed by atoms with Crippen LogP contribution in [0.5, 0.6) is 0 Å². The van der Waals surface area contributed by atoms with Crippen molar-refractivity contribution in [1.29, 1.82) is 0 Å². The zero-order valence-electron chi connectivity index (χ0n) is 15.7. The van der Waals surface area contributed by atoms with Crippen molar-refractivity contribution in [2.45, 2.75) is 13.5 Å². The van der Waals surface area contributed by atoms with Crippen LogP contribution in [0.15, 0.2) is 77.7 Å². The molecular weight excluding hydrogens is 366 g/mol.